The summed E-state index contributed by atoms with van der Waals surface area (Å²) in [4.78, 5) is 14.3. The Kier molecular flexibility index (Phi) is 3.75. The van der Waals surface area contributed by atoms with Crippen molar-refractivity contribution in [1.82, 2.24) is 4.90 Å². The lowest BCUT2D eigenvalue weighted by Crippen LogP contribution is -2.57. The zero-order valence-corrected chi connectivity index (χ0v) is 10.5. The SMILES string of the molecule is NC(=NO)C1(C(=O)N2CCCC(CO)C2)CCC1. The first-order chi connectivity index (χ1) is 8.64. The number of likely N-dealkylation sites (tertiary alicyclic amines) is 1. The van der Waals surface area contributed by atoms with Gasteiger partial charge in [0.15, 0.2) is 5.84 Å². The maximum Gasteiger partial charge on any atom is 0.236 e. The molecule has 0 spiro atoms. The zero-order chi connectivity index (χ0) is 13.2. The normalized spacial score (nSPS) is 27.7. The third-order valence-electron chi connectivity index (χ3n) is 4.28. The number of aliphatic hydroxyl groups is 1. The van der Waals surface area contributed by atoms with Gasteiger partial charge in [-0.3, -0.25) is 4.79 Å². The smallest absolute Gasteiger partial charge is 0.236 e. The fourth-order valence-electron chi connectivity index (χ4n) is 2.91. The van der Waals surface area contributed by atoms with Crippen LogP contribution >= 0.6 is 0 Å². The number of hydrogen-bond acceptors (Lipinski definition) is 4. The molecule has 2 fully saturated rings. The number of hydrogen-bond donors (Lipinski definition) is 3. The molecule has 0 aromatic rings. The molecule has 2 aliphatic rings. The van der Waals surface area contributed by atoms with E-state index in [0.29, 0.717) is 25.9 Å². The van der Waals surface area contributed by atoms with Crippen LogP contribution in [0.15, 0.2) is 5.16 Å². The van der Waals surface area contributed by atoms with Crippen LogP contribution in [-0.2, 0) is 4.79 Å². The van der Waals surface area contributed by atoms with Crippen molar-refractivity contribution in [2.45, 2.75) is 32.1 Å². The zero-order valence-electron chi connectivity index (χ0n) is 10.5. The summed E-state index contributed by atoms with van der Waals surface area (Å²) in [5.74, 6) is 0.152. The molecule has 1 atom stereocenters. The van der Waals surface area contributed by atoms with Crippen LogP contribution in [0.4, 0.5) is 0 Å². The highest BCUT2D eigenvalue weighted by Crippen LogP contribution is 2.43. The Balaban J connectivity index is 2.10. The van der Waals surface area contributed by atoms with Gasteiger partial charge < -0.3 is 20.9 Å². The summed E-state index contributed by atoms with van der Waals surface area (Å²) >= 11 is 0. The number of piperidine rings is 1. The minimum Gasteiger partial charge on any atom is -0.409 e. The van der Waals surface area contributed by atoms with E-state index in [1.54, 1.807) is 4.90 Å². The lowest BCUT2D eigenvalue weighted by atomic mass is 9.66. The molecular weight excluding hydrogens is 234 g/mol. The Morgan fingerprint density at radius 2 is 2.17 bits per heavy atom. The predicted octanol–water partition coefficient (Wildman–Crippen LogP) is 0.134. The Morgan fingerprint density at radius 1 is 1.44 bits per heavy atom. The quantitative estimate of drug-likeness (QED) is 0.289. The van der Waals surface area contributed by atoms with Gasteiger partial charge in [-0.05, 0) is 31.6 Å². The van der Waals surface area contributed by atoms with E-state index in [-0.39, 0.29) is 24.3 Å². The first-order valence-electron chi connectivity index (χ1n) is 6.52. The summed E-state index contributed by atoms with van der Waals surface area (Å²) < 4.78 is 0. The molecule has 1 saturated carbocycles. The van der Waals surface area contributed by atoms with Crippen LogP contribution < -0.4 is 5.73 Å². The number of oxime groups is 1. The van der Waals surface area contributed by atoms with Gasteiger partial charge in [0.2, 0.25) is 5.91 Å². The van der Waals surface area contributed by atoms with Gasteiger partial charge in [0, 0.05) is 19.7 Å². The summed E-state index contributed by atoms with van der Waals surface area (Å²) in [6.45, 7) is 1.39. The van der Waals surface area contributed by atoms with Crippen molar-refractivity contribution in [2.24, 2.45) is 22.2 Å². The predicted molar refractivity (Wildman–Crippen MR) is 66.1 cm³/mol. The Hall–Kier alpha value is -1.30. The molecule has 0 aromatic heterocycles. The lowest BCUT2D eigenvalue weighted by Gasteiger charge is -2.44. The number of rotatable bonds is 3. The van der Waals surface area contributed by atoms with Gasteiger partial charge in [0.1, 0.15) is 5.41 Å². The molecule has 1 amide bonds. The summed E-state index contributed by atoms with van der Waals surface area (Å²) in [6, 6.07) is 0. The Bertz CT molecular complexity index is 352. The number of amidine groups is 1. The van der Waals surface area contributed by atoms with Crippen molar-refractivity contribution in [3.8, 4) is 0 Å². The van der Waals surface area contributed by atoms with Crippen LogP contribution in [0.5, 0.6) is 0 Å². The minimum atomic E-state index is -0.786. The first kappa shape index (κ1) is 13.1. The molecule has 4 N–H and O–H groups in total. The van der Waals surface area contributed by atoms with E-state index in [1.807, 2.05) is 0 Å². The van der Waals surface area contributed by atoms with Gasteiger partial charge in [0.25, 0.3) is 0 Å². The molecule has 0 bridgehead atoms. The first-order valence-corrected chi connectivity index (χ1v) is 6.52. The van der Waals surface area contributed by atoms with Gasteiger partial charge in [-0.15, -0.1) is 0 Å². The molecule has 0 aromatic carbocycles. The summed E-state index contributed by atoms with van der Waals surface area (Å²) in [5.41, 5.74) is 4.91. The number of amides is 1. The third kappa shape index (κ3) is 2.05. The monoisotopic (exact) mass is 255 g/mol. The molecule has 1 aliphatic carbocycles. The van der Waals surface area contributed by atoms with E-state index < -0.39 is 5.41 Å². The van der Waals surface area contributed by atoms with Crippen LogP contribution in [0.1, 0.15) is 32.1 Å². The van der Waals surface area contributed by atoms with E-state index in [2.05, 4.69) is 5.16 Å². The Labute approximate surface area is 106 Å². The van der Waals surface area contributed by atoms with Crippen molar-refractivity contribution in [3.05, 3.63) is 0 Å². The average molecular weight is 255 g/mol. The highest BCUT2D eigenvalue weighted by atomic mass is 16.4. The summed E-state index contributed by atoms with van der Waals surface area (Å²) in [6.07, 6.45) is 4.10. The van der Waals surface area contributed by atoms with Gasteiger partial charge >= 0.3 is 0 Å². The second kappa shape index (κ2) is 5.14. The van der Waals surface area contributed by atoms with Crippen molar-refractivity contribution in [2.75, 3.05) is 19.7 Å². The van der Waals surface area contributed by atoms with Crippen LogP contribution in [-0.4, -0.2) is 46.7 Å². The molecule has 18 heavy (non-hydrogen) atoms. The van der Waals surface area contributed by atoms with Gasteiger partial charge in [-0.2, -0.15) is 0 Å². The van der Waals surface area contributed by atoms with E-state index in [9.17, 15) is 9.90 Å². The maximum absolute atomic E-state index is 12.5. The number of aliphatic hydroxyl groups excluding tert-OH is 1. The second-order valence-corrected chi connectivity index (χ2v) is 5.36. The van der Waals surface area contributed by atoms with Gasteiger partial charge in [-0.1, -0.05) is 11.6 Å². The lowest BCUT2D eigenvalue weighted by molar-refractivity contribution is -0.144. The van der Waals surface area contributed by atoms with Crippen LogP contribution in [0.25, 0.3) is 0 Å². The van der Waals surface area contributed by atoms with Crippen LogP contribution in [0, 0.1) is 11.3 Å². The number of carbonyl (C=O) groups excluding carboxylic acids is 1. The molecular formula is C12H21N3O3. The molecule has 0 radical (unpaired) electrons. The van der Waals surface area contributed by atoms with Crippen molar-refractivity contribution in [3.63, 3.8) is 0 Å². The summed E-state index contributed by atoms with van der Waals surface area (Å²) in [5, 5.41) is 21.1. The fourth-order valence-corrected chi connectivity index (χ4v) is 2.91. The summed E-state index contributed by atoms with van der Waals surface area (Å²) in [7, 11) is 0. The molecule has 2 rings (SSSR count). The van der Waals surface area contributed by atoms with E-state index in [1.165, 1.54) is 0 Å². The highest BCUT2D eigenvalue weighted by molar-refractivity contribution is 6.07. The number of carbonyl (C=O) groups is 1. The van der Waals surface area contributed by atoms with Crippen LogP contribution in [0.2, 0.25) is 0 Å². The highest BCUT2D eigenvalue weighted by Gasteiger charge is 2.50. The molecule has 1 unspecified atom stereocenters. The van der Waals surface area contributed by atoms with Crippen molar-refractivity contribution in [1.29, 1.82) is 0 Å². The second-order valence-electron chi connectivity index (χ2n) is 5.36. The number of nitrogens with two attached hydrogens (primary N) is 1. The molecule has 6 heteroatoms. The maximum atomic E-state index is 12.5. The molecule has 1 saturated heterocycles. The standard InChI is InChI=1S/C12H21N3O3/c13-10(14-18)12(4-2-5-12)11(17)15-6-1-3-9(7-15)8-16/h9,16,18H,1-8H2,(H2,13,14). The van der Waals surface area contributed by atoms with E-state index in [0.717, 1.165) is 19.3 Å². The van der Waals surface area contributed by atoms with Gasteiger partial charge in [-0.25, -0.2) is 0 Å². The molecule has 6 nitrogen and oxygen atoms in total. The third-order valence-corrected chi connectivity index (χ3v) is 4.28. The number of nitrogens with zero attached hydrogens (tertiary/aromatic N) is 2. The molecule has 102 valence electrons. The Morgan fingerprint density at radius 3 is 2.67 bits per heavy atom. The molecule has 1 aliphatic heterocycles. The molecule has 1 heterocycles. The van der Waals surface area contributed by atoms with Crippen molar-refractivity contribution < 1.29 is 15.1 Å². The largest absolute Gasteiger partial charge is 0.409 e. The fraction of sp³-hybridized carbons (Fsp3) is 0.833. The minimum absolute atomic E-state index is 0.0323. The average Bonchev–Trinajstić information content (AvgIpc) is 2.37. The topological polar surface area (TPSA) is 99.2 Å². The van der Waals surface area contributed by atoms with Crippen LogP contribution in [0.3, 0.4) is 0 Å². The van der Waals surface area contributed by atoms with Gasteiger partial charge in [0.05, 0.1) is 0 Å². The van der Waals surface area contributed by atoms with E-state index >= 15 is 0 Å². The van der Waals surface area contributed by atoms with Crippen molar-refractivity contribution >= 4 is 11.7 Å². The van der Waals surface area contributed by atoms with E-state index in [4.69, 9.17) is 10.9 Å².